The van der Waals surface area contributed by atoms with Crippen molar-refractivity contribution in [3.05, 3.63) is 58.9 Å². The minimum absolute atomic E-state index is 0.244. The molecule has 0 aromatic heterocycles. The molecule has 0 amide bonds. The van der Waals surface area contributed by atoms with Gasteiger partial charge in [0, 0.05) is 23.4 Å². The third-order valence-corrected chi connectivity index (χ3v) is 2.99. The van der Waals surface area contributed by atoms with E-state index in [0.717, 1.165) is 5.56 Å². The highest BCUT2D eigenvalue weighted by atomic mass is 32.1. The molecule has 0 heterocycles. The number of nitrogens with one attached hydrogen (secondary N) is 1. The van der Waals surface area contributed by atoms with E-state index in [4.69, 9.17) is 18.0 Å². The van der Waals surface area contributed by atoms with Crippen molar-refractivity contribution in [1.82, 2.24) is 0 Å². The van der Waals surface area contributed by atoms with Gasteiger partial charge in [-0.05, 0) is 30.7 Å². The fourth-order valence-corrected chi connectivity index (χ4v) is 2.05. The van der Waals surface area contributed by atoms with Gasteiger partial charge in [-0.1, -0.05) is 12.2 Å². The number of hydrogen-bond acceptors (Lipinski definition) is 2. The van der Waals surface area contributed by atoms with E-state index in [1.807, 2.05) is 0 Å². The third-order valence-electron chi connectivity index (χ3n) is 2.77. The van der Waals surface area contributed by atoms with Crippen LogP contribution in [0.5, 0.6) is 0 Å². The molecule has 0 saturated carbocycles. The van der Waals surface area contributed by atoms with Crippen molar-refractivity contribution in [2.24, 2.45) is 5.73 Å². The highest BCUT2D eigenvalue weighted by molar-refractivity contribution is 7.80. The highest BCUT2D eigenvalue weighted by Crippen LogP contribution is 2.25. The highest BCUT2D eigenvalue weighted by Gasteiger charge is 2.12. The first-order valence-electron chi connectivity index (χ1n) is 5.70. The standard InChI is InChI=1S/C14H11F3N2S/c1-7-4-9(2-3-10(7)14(18)20)19-13-11(16)5-8(15)6-12(13)17/h2-6,19H,1H3,(H2,18,20). The molecule has 0 aliphatic rings. The Morgan fingerprint density at radius 1 is 1.10 bits per heavy atom. The van der Waals surface area contributed by atoms with E-state index < -0.39 is 23.1 Å². The molecule has 0 spiro atoms. The Balaban J connectivity index is 2.36. The number of benzene rings is 2. The summed E-state index contributed by atoms with van der Waals surface area (Å²) >= 11 is 4.87. The van der Waals surface area contributed by atoms with E-state index in [1.165, 1.54) is 0 Å². The van der Waals surface area contributed by atoms with Gasteiger partial charge in [-0.2, -0.15) is 0 Å². The Labute approximate surface area is 119 Å². The lowest BCUT2D eigenvalue weighted by atomic mass is 10.1. The molecule has 2 aromatic carbocycles. The molecule has 104 valence electrons. The molecule has 0 fully saturated rings. The predicted octanol–water partition coefficient (Wildman–Crippen LogP) is 3.79. The van der Waals surface area contributed by atoms with E-state index in [2.05, 4.69) is 5.32 Å². The second kappa shape index (κ2) is 5.50. The summed E-state index contributed by atoms with van der Waals surface area (Å²) < 4.78 is 39.9. The van der Waals surface area contributed by atoms with Crippen LogP contribution in [0.4, 0.5) is 24.5 Å². The second-order valence-electron chi connectivity index (χ2n) is 4.26. The number of aryl methyl sites for hydroxylation is 1. The molecular formula is C14H11F3N2S. The van der Waals surface area contributed by atoms with Crippen LogP contribution in [0.2, 0.25) is 0 Å². The maximum Gasteiger partial charge on any atom is 0.152 e. The number of halogens is 3. The fourth-order valence-electron chi connectivity index (χ4n) is 1.82. The van der Waals surface area contributed by atoms with E-state index in [1.54, 1.807) is 25.1 Å². The number of hydrogen-bond donors (Lipinski definition) is 2. The summed E-state index contributed by atoms with van der Waals surface area (Å²) in [5.74, 6) is -2.97. The van der Waals surface area contributed by atoms with E-state index in [9.17, 15) is 13.2 Å². The first kappa shape index (κ1) is 14.3. The van der Waals surface area contributed by atoms with E-state index in [-0.39, 0.29) is 4.99 Å². The predicted molar refractivity (Wildman–Crippen MR) is 76.7 cm³/mol. The van der Waals surface area contributed by atoms with Crippen molar-refractivity contribution in [2.75, 3.05) is 5.32 Å². The Bertz CT molecular complexity index is 663. The molecule has 0 unspecified atom stereocenters. The summed E-state index contributed by atoms with van der Waals surface area (Å²) in [5, 5.41) is 2.57. The van der Waals surface area contributed by atoms with Crippen molar-refractivity contribution < 1.29 is 13.2 Å². The van der Waals surface area contributed by atoms with Gasteiger partial charge in [0.15, 0.2) is 11.6 Å². The summed E-state index contributed by atoms with van der Waals surface area (Å²) in [6.07, 6.45) is 0. The lowest BCUT2D eigenvalue weighted by Gasteiger charge is -2.11. The molecule has 0 saturated heterocycles. The zero-order valence-electron chi connectivity index (χ0n) is 10.5. The van der Waals surface area contributed by atoms with Crippen molar-refractivity contribution in [1.29, 1.82) is 0 Å². The molecule has 2 aromatic rings. The van der Waals surface area contributed by atoms with Gasteiger partial charge in [0.2, 0.25) is 0 Å². The Morgan fingerprint density at radius 2 is 1.70 bits per heavy atom. The number of thiocarbonyl (C=S) groups is 1. The van der Waals surface area contributed by atoms with Gasteiger partial charge in [0.05, 0.1) is 0 Å². The van der Waals surface area contributed by atoms with Crippen LogP contribution in [0, 0.1) is 24.4 Å². The summed E-state index contributed by atoms with van der Waals surface area (Å²) in [5.41, 5.74) is 7.03. The van der Waals surface area contributed by atoms with Crippen LogP contribution in [-0.4, -0.2) is 4.99 Å². The summed E-state index contributed by atoms with van der Waals surface area (Å²) in [4.78, 5) is 0.244. The van der Waals surface area contributed by atoms with Crippen LogP contribution in [0.1, 0.15) is 11.1 Å². The van der Waals surface area contributed by atoms with Gasteiger partial charge in [-0.25, -0.2) is 13.2 Å². The molecule has 6 heteroatoms. The Hall–Kier alpha value is -2.08. The average Bonchev–Trinajstić information content (AvgIpc) is 2.33. The van der Waals surface area contributed by atoms with Gasteiger partial charge in [-0.15, -0.1) is 0 Å². The SMILES string of the molecule is Cc1cc(Nc2c(F)cc(F)cc2F)ccc1C(N)=S. The van der Waals surface area contributed by atoms with Crippen LogP contribution >= 0.6 is 12.2 Å². The van der Waals surface area contributed by atoms with Crippen LogP contribution in [-0.2, 0) is 0 Å². The van der Waals surface area contributed by atoms with Crippen LogP contribution in [0.15, 0.2) is 30.3 Å². The van der Waals surface area contributed by atoms with Crippen molar-refractivity contribution in [2.45, 2.75) is 6.92 Å². The van der Waals surface area contributed by atoms with Crippen molar-refractivity contribution in [3.8, 4) is 0 Å². The second-order valence-corrected chi connectivity index (χ2v) is 4.70. The molecule has 0 aliphatic carbocycles. The maximum atomic E-state index is 13.5. The van der Waals surface area contributed by atoms with Crippen molar-refractivity contribution in [3.63, 3.8) is 0 Å². The molecule has 0 atom stereocenters. The lowest BCUT2D eigenvalue weighted by Crippen LogP contribution is -2.11. The third kappa shape index (κ3) is 2.91. The molecule has 2 rings (SSSR count). The quantitative estimate of drug-likeness (QED) is 0.846. The van der Waals surface area contributed by atoms with Crippen LogP contribution in [0.3, 0.4) is 0 Å². The molecule has 0 bridgehead atoms. The molecule has 0 radical (unpaired) electrons. The van der Waals surface area contributed by atoms with Crippen LogP contribution in [0.25, 0.3) is 0 Å². The molecule has 3 N–H and O–H groups in total. The zero-order chi connectivity index (χ0) is 14.9. The van der Waals surface area contributed by atoms with Gasteiger partial charge >= 0.3 is 0 Å². The van der Waals surface area contributed by atoms with Gasteiger partial charge in [0.25, 0.3) is 0 Å². The van der Waals surface area contributed by atoms with E-state index >= 15 is 0 Å². The van der Waals surface area contributed by atoms with Gasteiger partial charge in [0.1, 0.15) is 16.5 Å². The minimum Gasteiger partial charge on any atom is -0.389 e. The Morgan fingerprint density at radius 3 is 2.20 bits per heavy atom. The molecule has 2 nitrogen and oxygen atoms in total. The topological polar surface area (TPSA) is 38.0 Å². The first-order valence-corrected chi connectivity index (χ1v) is 6.11. The van der Waals surface area contributed by atoms with Crippen LogP contribution < -0.4 is 11.1 Å². The van der Waals surface area contributed by atoms with Gasteiger partial charge < -0.3 is 11.1 Å². The minimum atomic E-state index is -1.00. The van der Waals surface area contributed by atoms with Gasteiger partial charge in [-0.3, -0.25) is 0 Å². The number of rotatable bonds is 3. The normalized spacial score (nSPS) is 10.4. The maximum absolute atomic E-state index is 13.5. The largest absolute Gasteiger partial charge is 0.389 e. The zero-order valence-corrected chi connectivity index (χ0v) is 11.3. The number of anilines is 2. The monoisotopic (exact) mass is 296 g/mol. The summed E-state index contributed by atoms with van der Waals surface area (Å²) in [7, 11) is 0. The average molecular weight is 296 g/mol. The van der Waals surface area contributed by atoms with E-state index in [0.29, 0.717) is 23.4 Å². The smallest absolute Gasteiger partial charge is 0.152 e. The molecular weight excluding hydrogens is 285 g/mol. The number of nitrogens with two attached hydrogens (primary N) is 1. The fraction of sp³-hybridized carbons (Fsp3) is 0.0714. The first-order chi connectivity index (χ1) is 9.38. The lowest BCUT2D eigenvalue weighted by molar-refractivity contribution is 0.549. The molecule has 20 heavy (non-hydrogen) atoms. The Kier molecular flexibility index (Phi) is 3.94. The summed E-state index contributed by atoms with van der Waals surface area (Å²) in [6, 6.07) is 6.11. The summed E-state index contributed by atoms with van der Waals surface area (Å²) in [6.45, 7) is 1.77. The molecule has 0 aliphatic heterocycles. The van der Waals surface area contributed by atoms with Crippen molar-refractivity contribution >= 4 is 28.6 Å².